The average molecular weight is 432 g/mol. The van der Waals surface area contributed by atoms with E-state index in [4.69, 9.17) is 10.5 Å². The number of amides is 3. The molecule has 144 valence electrons. The Bertz CT molecular complexity index is 720. The Labute approximate surface area is 160 Å². The van der Waals surface area contributed by atoms with Gasteiger partial charge in [-0.2, -0.15) is 0 Å². The van der Waals surface area contributed by atoms with Gasteiger partial charge in [0.2, 0.25) is 0 Å². The molecule has 1 aromatic carbocycles. The molecular weight excluding hydrogens is 409 g/mol. The number of ether oxygens (including phenoxy) is 1. The average Bonchev–Trinajstić information content (AvgIpc) is 2.46. The molecule has 1 atom stereocenters. The molecule has 26 heavy (non-hydrogen) atoms. The highest BCUT2D eigenvalue weighted by atomic mass is 79.9. The van der Waals surface area contributed by atoms with Gasteiger partial charge in [-0.1, -0.05) is 15.9 Å². The van der Waals surface area contributed by atoms with E-state index >= 15 is 0 Å². The number of carbonyl (C=O) groups is 3. The minimum atomic E-state index is -1.38. The van der Waals surface area contributed by atoms with E-state index in [9.17, 15) is 18.8 Å². The molecule has 1 rings (SSSR count). The third-order valence-electron chi connectivity index (χ3n) is 3.41. The number of carbonyl (C=O) groups excluding carboxylic acids is 3. The SMILES string of the molecule is CN(CC(C)(NC(=O)OC(C)(C)C)c1cc(Br)ccc1F)C(=O)C(N)=O. The summed E-state index contributed by atoms with van der Waals surface area (Å²) in [6, 6.07) is 4.21. The summed E-state index contributed by atoms with van der Waals surface area (Å²) in [7, 11) is 1.33. The molecule has 3 amide bonds. The van der Waals surface area contributed by atoms with Gasteiger partial charge in [0.1, 0.15) is 11.4 Å². The van der Waals surface area contributed by atoms with Crippen molar-refractivity contribution in [3.05, 3.63) is 34.1 Å². The number of likely N-dealkylation sites (N-methyl/N-ethyl adjacent to an activating group) is 1. The molecule has 0 aliphatic carbocycles. The third-order valence-corrected chi connectivity index (χ3v) is 3.90. The predicted molar refractivity (Wildman–Crippen MR) is 97.7 cm³/mol. The molecule has 0 aliphatic heterocycles. The summed E-state index contributed by atoms with van der Waals surface area (Å²) in [5.41, 5.74) is 2.98. The number of alkyl carbamates (subject to hydrolysis) is 1. The van der Waals surface area contributed by atoms with Crippen LogP contribution in [0.5, 0.6) is 0 Å². The minimum absolute atomic E-state index is 0.113. The van der Waals surface area contributed by atoms with Gasteiger partial charge in [0, 0.05) is 23.6 Å². The second-order valence-corrected chi connectivity index (χ2v) is 8.02. The summed E-state index contributed by atoms with van der Waals surface area (Å²) in [4.78, 5) is 36.2. The molecule has 7 nitrogen and oxygen atoms in total. The molecule has 0 aliphatic rings. The zero-order valence-electron chi connectivity index (χ0n) is 15.4. The van der Waals surface area contributed by atoms with Crippen molar-refractivity contribution in [1.29, 1.82) is 0 Å². The van der Waals surface area contributed by atoms with Crippen LogP contribution in [-0.2, 0) is 19.9 Å². The van der Waals surface area contributed by atoms with Crippen molar-refractivity contribution in [1.82, 2.24) is 10.2 Å². The second kappa shape index (κ2) is 8.03. The zero-order chi connectivity index (χ0) is 20.3. The van der Waals surface area contributed by atoms with Gasteiger partial charge in [0.25, 0.3) is 0 Å². The molecule has 0 spiro atoms. The monoisotopic (exact) mass is 431 g/mol. The van der Waals surface area contributed by atoms with Crippen LogP contribution in [0.1, 0.15) is 33.3 Å². The number of rotatable bonds is 4. The number of halogens is 2. The second-order valence-electron chi connectivity index (χ2n) is 7.11. The Hall–Kier alpha value is -2.16. The lowest BCUT2D eigenvalue weighted by Crippen LogP contribution is -2.54. The molecule has 0 radical (unpaired) electrons. The first-order valence-electron chi connectivity index (χ1n) is 7.77. The zero-order valence-corrected chi connectivity index (χ0v) is 16.9. The predicted octanol–water partition coefficient (Wildman–Crippen LogP) is 2.27. The van der Waals surface area contributed by atoms with Crippen molar-refractivity contribution in [2.75, 3.05) is 13.6 Å². The van der Waals surface area contributed by atoms with Gasteiger partial charge in [-0.25, -0.2) is 9.18 Å². The number of benzene rings is 1. The Morgan fingerprint density at radius 1 is 1.27 bits per heavy atom. The van der Waals surface area contributed by atoms with E-state index in [0.29, 0.717) is 4.47 Å². The molecule has 1 aromatic rings. The van der Waals surface area contributed by atoms with E-state index in [1.165, 1.54) is 32.2 Å². The van der Waals surface area contributed by atoms with Gasteiger partial charge < -0.3 is 20.7 Å². The van der Waals surface area contributed by atoms with Crippen molar-refractivity contribution < 1.29 is 23.5 Å². The number of nitrogens with two attached hydrogens (primary N) is 1. The number of nitrogens with zero attached hydrogens (tertiary/aromatic N) is 1. The lowest BCUT2D eigenvalue weighted by atomic mass is 9.90. The van der Waals surface area contributed by atoms with Gasteiger partial charge in [0.15, 0.2) is 0 Å². The van der Waals surface area contributed by atoms with Crippen LogP contribution >= 0.6 is 15.9 Å². The van der Waals surface area contributed by atoms with Crippen LogP contribution in [0.2, 0.25) is 0 Å². The highest BCUT2D eigenvalue weighted by Gasteiger charge is 2.36. The van der Waals surface area contributed by atoms with Crippen LogP contribution in [0.4, 0.5) is 9.18 Å². The number of hydrogen-bond donors (Lipinski definition) is 2. The molecule has 0 saturated heterocycles. The Kier molecular flexibility index (Phi) is 6.76. The van der Waals surface area contributed by atoms with E-state index in [1.807, 2.05) is 0 Å². The fourth-order valence-electron chi connectivity index (χ4n) is 2.38. The first kappa shape index (κ1) is 21.9. The van der Waals surface area contributed by atoms with E-state index in [-0.39, 0.29) is 12.1 Å². The van der Waals surface area contributed by atoms with Crippen molar-refractivity contribution in [2.24, 2.45) is 5.73 Å². The van der Waals surface area contributed by atoms with Crippen molar-refractivity contribution in [3.8, 4) is 0 Å². The lowest BCUT2D eigenvalue weighted by Gasteiger charge is -2.35. The van der Waals surface area contributed by atoms with E-state index in [2.05, 4.69) is 21.2 Å². The highest BCUT2D eigenvalue weighted by Crippen LogP contribution is 2.28. The summed E-state index contributed by atoms with van der Waals surface area (Å²) in [5, 5.41) is 2.59. The third kappa shape index (κ3) is 5.98. The van der Waals surface area contributed by atoms with Crippen molar-refractivity contribution in [3.63, 3.8) is 0 Å². The van der Waals surface area contributed by atoms with E-state index in [1.54, 1.807) is 20.8 Å². The summed E-state index contributed by atoms with van der Waals surface area (Å²) in [6.45, 7) is 6.37. The highest BCUT2D eigenvalue weighted by molar-refractivity contribution is 9.10. The van der Waals surface area contributed by atoms with Crippen molar-refractivity contribution in [2.45, 2.75) is 38.8 Å². The first-order chi connectivity index (χ1) is 11.7. The van der Waals surface area contributed by atoms with Crippen LogP contribution < -0.4 is 11.1 Å². The van der Waals surface area contributed by atoms with Crippen LogP contribution in [0, 0.1) is 5.82 Å². The van der Waals surface area contributed by atoms with E-state index in [0.717, 1.165) is 4.90 Å². The molecule has 0 aromatic heterocycles. The molecule has 9 heteroatoms. The molecule has 1 unspecified atom stereocenters. The van der Waals surface area contributed by atoms with Gasteiger partial charge in [0.05, 0.1) is 5.54 Å². The fourth-order valence-corrected chi connectivity index (χ4v) is 2.74. The topological polar surface area (TPSA) is 102 Å². The van der Waals surface area contributed by atoms with Crippen LogP contribution in [-0.4, -0.2) is 42.0 Å². The maximum absolute atomic E-state index is 14.5. The maximum atomic E-state index is 14.5. The molecular formula is C17H23BrFN3O4. The van der Waals surface area contributed by atoms with E-state index < -0.39 is 34.9 Å². The summed E-state index contributed by atoms with van der Waals surface area (Å²) >= 11 is 3.26. The molecule has 0 fully saturated rings. The maximum Gasteiger partial charge on any atom is 0.408 e. The Morgan fingerprint density at radius 2 is 1.85 bits per heavy atom. The van der Waals surface area contributed by atoms with Gasteiger partial charge in [-0.15, -0.1) is 0 Å². The summed E-state index contributed by atoms with van der Waals surface area (Å²) < 4.78 is 20.3. The minimum Gasteiger partial charge on any atom is -0.444 e. The first-order valence-corrected chi connectivity index (χ1v) is 8.56. The standard InChI is InChI=1S/C17H23BrFN3O4/c1-16(2,3)26-15(25)21-17(4,9-22(5)14(24)13(20)23)11-8-10(18)6-7-12(11)19/h6-8H,9H2,1-5H3,(H2,20,23)(H,21,25). The molecule has 0 bridgehead atoms. The van der Waals surface area contributed by atoms with Gasteiger partial charge >= 0.3 is 17.9 Å². The van der Waals surface area contributed by atoms with Crippen LogP contribution in [0.15, 0.2) is 22.7 Å². The quantitative estimate of drug-likeness (QED) is 0.713. The van der Waals surface area contributed by atoms with Gasteiger partial charge in [-0.3, -0.25) is 9.59 Å². The van der Waals surface area contributed by atoms with Crippen molar-refractivity contribution >= 4 is 33.8 Å². The number of primary amides is 1. The summed E-state index contributed by atoms with van der Waals surface area (Å²) in [6.07, 6.45) is -0.792. The Balaban J connectivity index is 3.27. The lowest BCUT2D eigenvalue weighted by molar-refractivity contribution is -0.143. The normalized spacial score (nSPS) is 13.5. The van der Waals surface area contributed by atoms with Gasteiger partial charge in [-0.05, 0) is 45.9 Å². The Morgan fingerprint density at radius 3 is 2.35 bits per heavy atom. The smallest absolute Gasteiger partial charge is 0.408 e. The largest absolute Gasteiger partial charge is 0.444 e. The van der Waals surface area contributed by atoms with Crippen LogP contribution in [0.25, 0.3) is 0 Å². The molecule has 0 saturated carbocycles. The van der Waals surface area contributed by atoms with Crippen LogP contribution in [0.3, 0.4) is 0 Å². The summed E-state index contributed by atoms with van der Waals surface area (Å²) in [5.74, 6) is -2.70. The number of hydrogen-bond acceptors (Lipinski definition) is 4. The number of nitrogens with one attached hydrogen (secondary N) is 1. The fraction of sp³-hybridized carbons (Fsp3) is 0.471. The molecule has 3 N–H and O–H groups in total. The molecule has 0 heterocycles.